The topological polar surface area (TPSA) is 67.8 Å². The number of piperidine rings is 1. The summed E-state index contributed by atoms with van der Waals surface area (Å²) in [6.45, 7) is 6.56. The molecule has 0 aromatic carbocycles. The minimum absolute atomic E-state index is 0.0702. The molecule has 0 aromatic heterocycles. The van der Waals surface area contributed by atoms with Crippen LogP contribution in [0, 0.1) is 34.5 Å². The lowest BCUT2D eigenvalue weighted by molar-refractivity contribution is -0.152. The van der Waals surface area contributed by atoms with Gasteiger partial charge in [0, 0.05) is 24.2 Å². The third-order valence-electron chi connectivity index (χ3n) is 9.62. The van der Waals surface area contributed by atoms with Crippen LogP contribution >= 0.6 is 0 Å². The zero-order chi connectivity index (χ0) is 20.2. The fraction of sp³-hybridized carbons (Fsp3) is 0.875. The lowest BCUT2D eigenvalue weighted by Gasteiger charge is -2.58. The monoisotopic (exact) mass is 400 g/mol. The van der Waals surface area contributed by atoms with E-state index in [1.165, 1.54) is 0 Å². The van der Waals surface area contributed by atoms with E-state index < -0.39 is 0 Å². The number of nitrogens with zero attached hydrogens (tertiary/aromatic N) is 1. The predicted octanol–water partition coefficient (Wildman–Crippen LogP) is 3.90. The van der Waals surface area contributed by atoms with Gasteiger partial charge in [-0.25, -0.2) is 0 Å². The molecule has 0 aromatic rings. The van der Waals surface area contributed by atoms with Crippen molar-refractivity contribution in [1.82, 2.24) is 5.32 Å². The second kappa shape index (κ2) is 7.18. The summed E-state index contributed by atoms with van der Waals surface area (Å²) < 4.78 is 0. The molecule has 1 saturated heterocycles. The fourth-order valence-electron chi connectivity index (χ4n) is 7.75. The van der Waals surface area contributed by atoms with Gasteiger partial charge in [0.1, 0.15) is 17.7 Å². The molecule has 5 aliphatic rings. The number of carbonyl (C=O) groups is 2. The number of Topliss-reactive ketones (excluding diaryl/α,β-unsaturated/α-hetero) is 2. The van der Waals surface area contributed by atoms with E-state index in [0.717, 1.165) is 76.6 Å². The highest BCUT2D eigenvalue weighted by Crippen LogP contribution is 2.64. The Morgan fingerprint density at radius 1 is 0.966 bits per heavy atom. The van der Waals surface area contributed by atoms with Crippen molar-refractivity contribution in [1.29, 1.82) is 0 Å². The summed E-state index contributed by atoms with van der Waals surface area (Å²) in [4.78, 5) is 31.8. The van der Waals surface area contributed by atoms with E-state index >= 15 is 0 Å². The van der Waals surface area contributed by atoms with E-state index in [0.29, 0.717) is 35.7 Å². The first kappa shape index (κ1) is 19.7. The van der Waals surface area contributed by atoms with E-state index in [1.807, 2.05) is 0 Å². The van der Waals surface area contributed by atoms with Crippen molar-refractivity contribution in [3.8, 4) is 0 Å². The van der Waals surface area contributed by atoms with Crippen LogP contribution in [0.1, 0.15) is 78.1 Å². The molecular weight excluding hydrogens is 364 g/mol. The quantitative estimate of drug-likeness (QED) is 0.714. The van der Waals surface area contributed by atoms with E-state index in [-0.39, 0.29) is 22.9 Å². The standard InChI is InChI=1S/C24H36N2O3/c1-23-9-5-15(26-29-16-7-11-25-12-8-16)13-20(23)21(27)14-17-18-3-4-22(28)24(18,2)10-6-19(17)23/h16-20,25H,3-14H2,1-2H3/t17-,18-,19-,20?,23+,24-/m0/s1. The lowest BCUT2D eigenvalue weighted by atomic mass is 9.45. The minimum atomic E-state index is -0.158. The van der Waals surface area contributed by atoms with Crippen LogP contribution in [0.4, 0.5) is 0 Å². The first-order valence-electron chi connectivity index (χ1n) is 11.9. The van der Waals surface area contributed by atoms with Crippen LogP contribution in [-0.4, -0.2) is 36.5 Å². The maximum absolute atomic E-state index is 13.3. The van der Waals surface area contributed by atoms with Crippen molar-refractivity contribution in [3.63, 3.8) is 0 Å². The maximum atomic E-state index is 13.3. The SMILES string of the molecule is C[C@]12CCC(=NOC3CCNCC3)CC1C(=O)C[C@@H]1[C@@H]2CC[C@]2(C)C(=O)CC[C@@H]12. The Balaban J connectivity index is 1.32. The fourth-order valence-corrected chi connectivity index (χ4v) is 7.75. The molecule has 29 heavy (non-hydrogen) atoms. The van der Waals surface area contributed by atoms with Crippen LogP contribution in [0.2, 0.25) is 0 Å². The Morgan fingerprint density at radius 2 is 1.76 bits per heavy atom. The van der Waals surface area contributed by atoms with Gasteiger partial charge in [0.25, 0.3) is 0 Å². The molecule has 0 radical (unpaired) electrons. The van der Waals surface area contributed by atoms with Crippen LogP contribution in [0.5, 0.6) is 0 Å². The van der Waals surface area contributed by atoms with Crippen molar-refractivity contribution in [2.45, 2.75) is 84.2 Å². The molecule has 0 amide bonds. The van der Waals surface area contributed by atoms with Crippen molar-refractivity contribution >= 4 is 17.3 Å². The summed E-state index contributed by atoms with van der Waals surface area (Å²) in [6, 6.07) is 0. The molecule has 1 unspecified atom stereocenters. The molecule has 6 atom stereocenters. The van der Waals surface area contributed by atoms with Gasteiger partial charge in [-0.2, -0.15) is 0 Å². The average molecular weight is 401 g/mol. The zero-order valence-corrected chi connectivity index (χ0v) is 18.0. The number of hydrogen-bond acceptors (Lipinski definition) is 5. The second-order valence-electron chi connectivity index (χ2n) is 10.9. The summed E-state index contributed by atoms with van der Waals surface area (Å²) in [7, 11) is 0. The Kier molecular flexibility index (Phi) is 4.88. The Morgan fingerprint density at radius 3 is 2.55 bits per heavy atom. The molecule has 0 spiro atoms. The number of carbonyl (C=O) groups excluding carboxylic acids is 2. The molecule has 4 saturated carbocycles. The van der Waals surface area contributed by atoms with E-state index in [1.54, 1.807) is 0 Å². The normalized spacial score (nSPS) is 46.9. The summed E-state index contributed by atoms with van der Waals surface area (Å²) >= 11 is 0. The van der Waals surface area contributed by atoms with Crippen LogP contribution in [0.15, 0.2) is 5.16 Å². The molecule has 5 fully saturated rings. The van der Waals surface area contributed by atoms with Gasteiger partial charge in [-0.1, -0.05) is 19.0 Å². The number of ketones is 2. The molecule has 5 nitrogen and oxygen atoms in total. The largest absolute Gasteiger partial charge is 0.392 e. The number of nitrogens with one attached hydrogen (secondary N) is 1. The van der Waals surface area contributed by atoms with Gasteiger partial charge in [-0.05, 0) is 87.6 Å². The van der Waals surface area contributed by atoms with Gasteiger partial charge in [0.15, 0.2) is 0 Å². The van der Waals surface area contributed by atoms with E-state index in [4.69, 9.17) is 4.84 Å². The molecule has 4 aliphatic carbocycles. The van der Waals surface area contributed by atoms with Gasteiger partial charge in [-0.3, -0.25) is 9.59 Å². The number of hydrogen-bond donors (Lipinski definition) is 1. The molecule has 1 aliphatic heterocycles. The minimum Gasteiger partial charge on any atom is -0.392 e. The summed E-state index contributed by atoms with van der Waals surface area (Å²) in [5.41, 5.74) is 1.00. The Hall–Kier alpha value is -1.23. The van der Waals surface area contributed by atoms with Crippen molar-refractivity contribution in [2.75, 3.05) is 13.1 Å². The highest BCUT2D eigenvalue weighted by Gasteiger charge is 2.62. The predicted molar refractivity (Wildman–Crippen MR) is 112 cm³/mol. The first-order valence-corrected chi connectivity index (χ1v) is 11.9. The van der Waals surface area contributed by atoms with Crippen LogP contribution < -0.4 is 5.32 Å². The molecule has 5 rings (SSSR count). The summed E-state index contributed by atoms with van der Waals surface area (Å²) in [6.07, 6.45) is 9.57. The van der Waals surface area contributed by atoms with Crippen LogP contribution in [0.3, 0.4) is 0 Å². The van der Waals surface area contributed by atoms with E-state index in [2.05, 4.69) is 24.3 Å². The molecule has 5 heteroatoms. The average Bonchev–Trinajstić information content (AvgIpc) is 3.03. The smallest absolute Gasteiger partial charge is 0.139 e. The van der Waals surface area contributed by atoms with Crippen LogP contribution in [0.25, 0.3) is 0 Å². The highest BCUT2D eigenvalue weighted by atomic mass is 16.6. The molecule has 160 valence electrons. The van der Waals surface area contributed by atoms with Gasteiger partial charge in [-0.15, -0.1) is 0 Å². The third-order valence-corrected chi connectivity index (χ3v) is 9.62. The van der Waals surface area contributed by atoms with Gasteiger partial charge in [0.05, 0.1) is 5.71 Å². The number of oxime groups is 1. The Labute approximate surface area is 174 Å². The van der Waals surface area contributed by atoms with Gasteiger partial charge < -0.3 is 10.2 Å². The van der Waals surface area contributed by atoms with Crippen molar-refractivity contribution < 1.29 is 14.4 Å². The number of fused-ring (bicyclic) bond motifs is 5. The first-order chi connectivity index (χ1) is 13.9. The summed E-state index contributed by atoms with van der Waals surface area (Å²) in [5.74, 6) is 2.39. The molecular formula is C24H36N2O3. The van der Waals surface area contributed by atoms with Gasteiger partial charge in [0.2, 0.25) is 0 Å². The third kappa shape index (κ3) is 3.10. The molecule has 1 heterocycles. The molecule has 0 bridgehead atoms. The zero-order valence-electron chi connectivity index (χ0n) is 18.0. The van der Waals surface area contributed by atoms with E-state index in [9.17, 15) is 9.59 Å². The maximum Gasteiger partial charge on any atom is 0.139 e. The highest BCUT2D eigenvalue weighted by molar-refractivity contribution is 5.93. The molecule has 1 N–H and O–H groups in total. The van der Waals surface area contributed by atoms with Gasteiger partial charge >= 0.3 is 0 Å². The number of rotatable bonds is 2. The van der Waals surface area contributed by atoms with Crippen molar-refractivity contribution in [2.24, 2.45) is 39.7 Å². The second-order valence-corrected chi connectivity index (χ2v) is 10.9. The Bertz CT molecular complexity index is 728. The lowest BCUT2D eigenvalue weighted by Crippen LogP contribution is -2.56. The summed E-state index contributed by atoms with van der Waals surface area (Å²) in [5, 5.41) is 7.89. The van der Waals surface area contributed by atoms with Crippen molar-refractivity contribution in [3.05, 3.63) is 0 Å². The van der Waals surface area contributed by atoms with Crippen LogP contribution in [-0.2, 0) is 14.4 Å².